The van der Waals surface area contributed by atoms with Crippen LogP contribution in [0.2, 0.25) is 0 Å². The number of aromatic nitrogens is 2. The molecule has 1 unspecified atom stereocenters. The molecule has 1 aromatic heterocycles. The number of rotatable bonds is 2. The molecule has 0 spiro atoms. The number of benzene rings is 1. The summed E-state index contributed by atoms with van der Waals surface area (Å²) in [6.45, 7) is 1.32. The van der Waals surface area contributed by atoms with Crippen LogP contribution >= 0.6 is 0 Å². The minimum atomic E-state index is -0.742. The van der Waals surface area contributed by atoms with E-state index in [9.17, 15) is 4.79 Å². The maximum atomic E-state index is 10.8. The monoisotopic (exact) mass is 273 g/mol. The average Bonchev–Trinajstić information content (AvgIpc) is 2.85. The van der Waals surface area contributed by atoms with Gasteiger partial charge in [0.1, 0.15) is 6.10 Å². The molecule has 2 aromatic rings. The molecule has 1 aromatic carbocycles. The molecular formula is C13H15N5O2. The van der Waals surface area contributed by atoms with Crippen LogP contribution < -0.4 is 16.4 Å². The van der Waals surface area contributed by atoms with E-state index >= 15 is 0 Å². The first-order valence-corrected chi connectivity index (χ1v) is 6.35. The largest absolute Gasteiger partial charge is 0.444 e. The van der Waals surface area contributed by atoms with Crippen LogP contribution in [0.1, 0.15) is 6.42 Å². The number of nitrogen functional groups attached to an aromatic ring is 1. The second-order valence-corrected chi connectivity index (χ2v) is 4.81. The van der Waals surface area contributed by atoms with E-state index in [2.05, 4.69) is 10.2 Å². The third kappa shape index (κ3) is 2.29. The molecule has 3 rings (SSSR count). The smallest absolute Gasteiger partial charge is 0.404 e. The molecule has 1 atom stereocenters. The van der Waals surface area contributed by atoms with E-state index in [1.54, 1.807) is 6.20 Å². The fourth-order valence-electron chi connectivity index (χ4n) is 2.51. The zero-order valence-electron chi connectivity index (χ0n) is 10.8. The van der Waals surface area contributed by atoms with Gasteiger partial charge in [-0.2, -0.15) is 5.10 Å². The first-order valence-electron chi connectivity index (χ1n) is 6.35. The Morgan fingerprint density at radius 1 is 1.45 bits per heavy atom. The fraction of sp³-hybridized carbons (Fsp3) is 0.308. The van der Waals surface area contributed by atoms with Crippen molar-refractivity contribution in [2.75, 3.05) is 23.7 Å². The fourth-order valence-corrected chi connectivity index (χ4v) is 2.51. The summed E-state index contributed by atoms with van der Waals surface area (Å²) in [5.74, 6) is 0.776. The molecule has 1 saturated heterocycles. The minimum Gasteiger partial charge on any atom is -0.444 e. The Balaban J connectivity index is 1.90. The van der Waals surface area contributed by atoms with E-state index in [0.29, 0.717) is 12.2 Å². The number of hydrogen-bond acceptors (Lipinski definition) is 6. The molecule has 1 amide bonds. The Morgan fingerprint density at radius 3 is 3.10 bits per heavy atom. The Kier molecular flexibility index (Phi) is 3.02. The summed E-state index contributed by atoms with van der Waals surface area (Å²) in [4.78, 5) is 12.8. The second-order valence-electron chi connectivity index (χ2n) is 4.81. The van der Waals surface area contributed by atoms with Gasteiger partial charge in [-0.15, -0.1) is 5.10 Å². The first-order chi connectivity index (χ1) is 9.63. The lowest BCUT2D eigenvalue weighted by Crippen LogP contribution is -2.27. The highest BCUT2D eigenvalue weighted by atomic mass is 16.6. The third-order valence-corrected chi connectivity index (χ3v) is 3.39. The molecule has 1 aliphatic rings. The summed E-state index contributed by atoms with van der Waals surface area (Å²) in [6, 6.07) is 5.62. The maximum absolute atomic E-state index is 10.8. The molecule has 0 saturated carbocycles. The van der Waals surface area contributed by atoms with Crippen LogP contribution in [-0.2, 0) is 4.74 Å². The van der Waals surface area contributed by atoms with E-state index in [0.717, 1.165) is 29.6 Å². The number of carbonyl (C=O) groups is 1. The summed E-state index contributed by atoms with van der Waals surface area (Å²) >= 11 is 0. The molecule has 2 heterocycles. The highest BCUT2D eigenvalue weighted by molar-refractivity contribution is 5.93. The standard InChI is InChI=1S/C13H15N5O2/c14-9-1-2-11-8(5-9)6-16-17-12(11)18-4-3-10(7-18)20-13(15)19/h1-2,5-6,10H,3-4,7,14H2,(H2,15,19). The Morgan fingerprint density at radius 2 is 2.30 bits per heavy atom. The van der Waals surface area contributed by atoms with E-state index in [4.69, 9.17) is 16.2 Å². The minimum absolute atomic E-state index is 0.196. The first kappa shape index (κ1) is 12.5. The molecule has 4 N–H and O–H groups in total. The zero-order chi connectivity index (χ0) is 14.1. The van der Waals surface area contributed by atoms with Crippen LogP contribution in [0.5, 0.6) is 0 Å². The predicted octanol–water partition coefficient (Wildman–Crippen LogP) is 0.886. The molecule has 20 heavy (non-hydrogen) atoms. The lowest BCUT2D eigenvalue weighted by Gasteiger charge is -2.18. The number of ether oxygens (including phenoxy) is 1. The van der Waals surface area contributed by atoms with Gasteiger partial charge in [-0.05, 0) is 18.2 Å². The van der Waals surface area contributed by atoms with Gasteiger partial charge in [0.15, 0.2) is 5.82 Å². The summed E-state index contributed by atoms with van der Waals surface area (Å²) in [5, 5.41) is 10.1. The molecule has 0 bridgehead atoms. The van der Waals surface area contributed by atoms with Gasteiger partial charge in [-0.25, -0.2) is 4.79 Å². The van der Waals surface area contributed by atoms with Crippen molar-refractivity contribution in [1.82, 2.24) is 10.2 Å². The van der Waals surface area contributed by atoms with Crippen LogP contribution in [0.3, 0.4) is 0 Å². The number of anilines is 2. The second kappa shape index (κ2) is 4.84. The highest BCUT2D eigenvalue weighted by Crippen LogP contribution is 2.28. The molecule has 7 heteroatoms. The van der Waals surface area contributed by atoms with Crippen LogP contribution in [0.15, 0.2) is 24.4 Å². The van der Waals surface area contributed by atoms with Gasteiger partial charge in [0.25, 0.3) is 0 Å². The van der Waals surface area contributed by atoms with Crippen LogP contribution in [0.25, 0.3) is 10.8 Å². The van der Waals surface area contributed by atoms with Gasteiger partial charge in [-0.3, -0.25) is 0 Å². The highest BCUT2D eigenvalue weighted by Gasteiger charge is 2.27. The Hall–Kier alpha value is -2.57. The third-order valence-electron chi connectivity index (χ3n) is 3.39. The summed E-state index contributed by atoms with van der Waals surface area (Å²) in [7, 11) is 0. The van der Waals surface area contributed by atoms with Crippen molar-refractivity contribution in [2.24, 2.45) is 5.73 Å². The van der Waals surface area contributed by atoms with Crippen molar-refractivity contribution in [3.63, 3.8) is 0 Å². The molecule has 1 aliphatic heterocycles. The quantitative estimate of drug-likeness (QED) is 0.787. The van der Waals surface area contributed by atoms with Crippen molar-refractivity contribution >= 4 is 28.4 Å². The van der Waals surface area contributed by atoms with Crippen molar-refractivity contribution in [1.29, 1.82) is 0 Å². The number of hydrogen-bond donors (Lipinski definition) is 2. The maximum Gasteiger partial charge on any atom is 0.404 e. The zero-order valence-corrected chi connectivity index (χ0v) is 10.8. The van der Waals surface area contributed by atoms with Gasteiger partial charge in [-0.1, -0.05) is 0 Å². The van der Waals surface area contributed by atoms with Crippen molar-refractivity contribution < 1.29 is 9.53 Å². The van der Waals surface area contributed by atoms with E-state index < -0.39 is 6.09 Å². The molecule has 1 fully saturated rings. The predicted molar refractivity (Wildman–Crippen MR) is 75.2 cm³/mol. The summed E-state index contributed by atoms with van der Waals surface area (Å²) in [6.07, 6.45) is 1.48. The van der Waals surface area contributed by atoms with Gasteiger partial charge in [0.2, 0.25) is 0 Å². The molecule has 0 aliphatic carbocycles. The normalized spacial score (nSPS) is 18.4. The summed E-state index contributed by atoms with van der Waals surface area (Å²) < 4.78 is 5.02. The van der Waals surface area contributed by atoms with Crippen LogP contribution in [-0.4, -0.2) is 35.5 Å². The molecule has 104 valence electrons. The topological polar surface area (TPSA) is 107 Å². The van der Waals surface area contributed by atoms with Crippen molar-refractivity contribution in [2.45, 2.75) is 12.5 Å². The number of carbonyl (C=O) groups excluding carboxylic acids is 1. The number of primary amides is 1. The van der Waals surface area contributed by atoms with E-state index in [1.807, 2.05) is 23.1 Å². The van der Waals surface area contributed by atoms with Crippen LogP contribution in [0.4, 0.5) is 16.3 Å². The van der Waals surface area contributed by atoms with Crippen molar-refractivity contribution in [3.05, 3.63) is 24.4 Å². The number of nitrogens with two attached hydrogens (primary N) is 2. The van der Waals surface area contributed by atoms with Gasteiger partial charge < -0.3 is 21.1 Å². The van der Waals surface area contributed by atoms with Gasteiger partial charge in [0.05, 0.1) is 12.7 Å². The van der Waals surface area contributed by atoms with Crippen molar-refractivity contribution in [3.8, 4) is 0 Å². The SMILES string of the molecule is NC(=O)OC1CCN(c2nncc3cc(N)ccc23)C1. The number of fused-ring (bicyclic) bond motifs is 1. The number of nitrogens with zero attached hydrogens (tertiary/aromatic N) is 3. The summed E-state index contributed by atoms with van der Waals surface area (Å²) in [5.41, 5.74) is 11.5. The van der Waals surface area contributed by atoms with E-state index in [1.165, 1.54) is 0 Å². The number of amides is 1. The Bertz CT molecular complexity index is 660. The molecule has 0 radical (unpaired) electrons. The van der Waals surface area contributed by atoms with Gasteiger partial charge in [0, 0.05) is 29.4 Å². The Labute approximate surface area is 115 Å². The molecular weight excluding hydrogens is 258 g/mol. The average molecular weight is 273 g/mol. The molecule has 7 nitrogen and oxygen atoms in total. The van der Waals surface area contributed by atoms with Gasteiger partial charge >= 0.3 is 6.09 Å². The van der Waals surface area contributed by atoms with Crippen LogP contribution in [0, 0.1) is 0 Å². The van der Waals surface area contributed by atoms with E-state index in [-0.39, 0.29) is 6.10 Å². The lowest BCUT2D eigenvalue weighted by atomic mass is 10.1. The lowest BCUT2D eigenvalue weighted by molar-refractivity contribution is 0.117.